The molecular formula is C10H14O2. The fourth-order valence-corrected chi connectivity index (χ4v) is 2.26. The first-order valence-electron chi connectivity index (χ1n) is 4.47. The summed E-state index contributed by atoms with van der Waals surface area (Å²) in [5, 5.41) is 0. The number of fused-ring (bicyclic) bond motifs is 2. The largest absolute Gasteiger partial charge is 0.346 e. The van der Waals surface area contributed by atoms with Gasteiger partial charge in [0.15, 0.2) is 0 Å². The molecule has 0 aliphatic heterocycles. The van der Waals surface area contributed by atoms with Crippen molar-refractivity contribution >= 4 is 0 Å². The maximum Gasteiger partial charge on any atom is 0.122 e. The molecule has 3 atom stereocenters. The maximum atomic E-state index is 4.97. The van der Waals surface area contributed by atoms with Crippen molar-refractivity contribution in [1.82, 2.24) is 0 Å². The van der Waals surface area contributed by atoms with Crippen molar-refractivity contribution in [3.8, 4) is 0 Å². The normalized spacial score (nSPS) is 37.2. The van der Waals surface area contributed by atoms with Crippen LogP contribution < -0.4 is 0 Å². The molecule has 2 rings (SSSR count). The van der Waals surface area contributed by atoms with Crippen LogP contribution in [0.2, 0.25) is 0 Å². The van der Waals surface area contributed by atoms with Crippen molar-refractivity contribution in [3.63, 3.8) is 0 Å². The van der Waals surface area contributed by atoms with Gasteiger partial charge in [-0.15, -0.1) is 0 Å². The summed E-state index contributed by atoms with van der Waals surface area (Å²) >= 11 is 0. The van der Waals surface area contributed by atoms with E-state index in [0.29, 0.717) is 12.5 Å². The Labute approximate surface area is 72.8 Å². The van der Waals surface area contributed by atoms with Crippen molar-refractivity contribution in [2.24, 2.45) is 17.8 Å². The molecule has 2 aliphatic rings. The number of hydrogen-bond acceptors (Lipinski definition) is 2. The van der Waals surface area contributed by atoms with Crippen molar-refractivity contribution < 1.29 is 9.78 Å². The van der Waals surface area contributed by atoms with Gasteiger partial charge in [-0.2, -0.15) is 4.89 Å². The maximum absolute atomic E-state index is 4.97. The van der Waals surface area contributed by atoms with Crippen LogP contribution >= 0.6 is 0 Å². The summed E-state index contributed by atoms with van der Waals surface area (Å²) in [7, 11) is 0. The second-order valence-electron chi connectivity index (χ2n) is 3.59. The Morgan fingerprint density at radius 2 is 2.33 bits per heavy atom. The lowest BCUT2D eigenvalue weighted by atomic mass is 9.95. The summed E-state index contributed by atoms with van der Waals surface area (Å²) in [6, 6.07) is 0. The summed E-state index contributed by atoms with van der Waals surface area (Å²) < 4.78 is 0. The molecule has 3 unspecified atom stereocenters. The molecule has 66 valence electrons. The molecule has 1 saturated carbocycles. The fraction of sp³-hybridized carbons (Fsp3) is 0.600. The molecule has 12 heavy (non-hydrogen) atoms. The Morgan fingerprint density at radius 1 is 1.42 bits per heavy atom. The predicted octanol–water partition coefficient (Wildman–Crippen LogP) is 2.29. The Hall–Kier alpha value is -0.760. The molecule has 0 N–H and O–H groups in total. The van der Waals surface area contributed by atoms with Crippen LogP contribution in [0.25, 0.3) is 0 Å². The van der Waals surface area contributed by atoms with Crippen LogP contribution in [0.4, 0.5) is 0 Å². The van der Waals surface area contributed by atoms with E-state index in [-0.39, 0.29) is 0 Å². The smallest absolute Gasteiger partial charge is 0.122 e. The van der Waals surface area contributed by atoms with Crippen LogP contribution in [0.3, 0.4) is 0 Å². The third-order valence-corrected chi connectivity index (χ3v) is 2.83. The van der Waals surface area contributed by atoms with E-state index in [2.05, 4.69) is 23.6 Å². The van der Waals surface area contributed by atoms with Crippen LogP contribution in [0.5, 0.6) is 0 Å². The zero-order valence-corrected chi connectivity index (χ0v) is 7.11. The first kappa shape index (κ1) is 7.87. The average molecular weight is 166 g/mol. The lowest BCUT2D eigenvalue weighted by Gasteiger charge is -2.16. The fourth-order valence-electron chi connectivity index (χ4n) is 2.26. The van der Waals surface area contributed by atoms with Gasteiger partial charge in [0.1, 0.15) is 6.26 Å². The highest BCUT2D eigenvalue weighted by molar-refractivity contribution is 5.09. The minimum absolute atomic E-state index is 0.667. The van der Waals surface area contributed by atoms with E-state index < -0.39 is 0 Å². The van der Waals surface area contributed by atoms with Crippen molar-refractivity contribution in [2.45, 2.75) is 12.8 Å². The lowest BCUT2D eigenvalue weighted by molar-refractivity contribution is -0.257. The van der Waals surface area contributed by atoms with Crippen molar-refractivity contribution in [2.75, 3.05) is 6.61 Å². The molecule has 0 heterocycles. The van der Waals surface area contributed by atoms with E-state index in [4.69, 9.17) is 4.89 Å². The highest BCUT2D eigenvalue weighted by Gasteiger charge is 2.35. The monoisotopic (exact) mass is 166 g/mol. The van der Waals surface area contributed by atoms with E-state index >= 15 is 0 Å². The zero-order chi connectivity index (χ0) is 8.39. The molecule has 2 nitrogen and oxygen atoms in total. The quantitative estimate of drug-likeness (QED) is 0.210. The number of rotatable bonds is 4. The molecule has 0 aromatic carbocycles. The first-order chi connectivity index (χ1) is 5.90. The van der Waals surface area contributed by atoms with Gasteiger partial charge in [-0.25, -0.2) is 0 Å². The van der Waals surface area contributed by atoms with Crippen LogP contribution in [0.15, 0.2) is 25.0 Å². The number of allylic oxidation sites excluding steroid dienone is 2. The van der Waals surface area contributed by atoms with Crippen LogP contribution in [-0.2, 0) is 9.78 Å². The second kappa shape index (κ2) is 3.31. The summed E-state index contributed by atoms with van der Waals surface area (Å²) in [5.41, 5.74) is 0. The SMILES string of the molecule is C=COOCC1CC2C=CC1C2. The molecule has 0 saturated heterocycles. The van der Waals surface area contributed by atoms with E-state index in [0.717, 1.165) is 11.8 Å². The third kappa shape index (κ3) is 1.39. The van der Waals surface area contributed by atoms with E-state index in [1.54, 1.807) is 0 Å². The van der Waals surface area contributed by atoms with E-state index in [1.807, 2.05) is 0 Å². The van der Waals surface area contributed by atoms with Gasteiger partial charge >= 0.3 is 0 Å². The zero-order valence-electron chi connectivity index (χ0n) is 7.11. The summed E-state index contributed by atoms with van der Waals surface area (Å²) in [5.74, 6) is 2.22. The van der Waals surface area contributed by atoms with E-state index in [9.17, 15) is 0 Å². The van der Waals surface area contributed by atoms with Gasteiger partial charge < -0.3 is 4.89 Å². The Bertz CT molecular complexity index is 198. The second-order valence-corrected chi connectivity index (χ2v) is 3.59. The number of hydrogen-bond donors (Lipinski definition) is 0. The van der Waals surface area contributed by atoms with Gasteiger partial charge in [0.05, 0.1) is 6.61 Å². The van der Waals surface area contributed by atoms with Crippen LogP contribution in [0, 0.1) is 17.8 Å². The molecule has 2 bridgehead atoms. The summed E-state index contributed by atoms with van der Waals surface area (Å²) in [6.07, 6.45) is 8.55. The molecule has 0 spiro atoms. The minimum atomic E-state index is 0.667. The molecule has 1 fully saturated rings. The molecule has 0 aromatic rings. The predicted molar refractivity (Wildman–Crippen MR) is 46.1 cm³/mol. The highest BCUT2D eigenvalue weighted by Crippen LogP contribution is 2.43. The van der Waals surface area contributed by atoms with Gasteiger partial charge in [-0.1, -0.05) is 18.7 Å². The minimum Gasteiger partial charge on any atom is -0.346 e. The van der Waals surface area contributed by atoms with Crippen molar-refractivity contribution in [1.29, 1.82) is 0 Å². The summed E-state index contributed by atoms with van der Waals surface area (Å²) in [6.45, 7) is 4.12. The highest BCUT2D eigenvalue weighted by atomic mass is 17.2. The molecule has 0 radical (unpaired) electrons. The Kier molecular flexibility index (Phi) is 2.17. The molecule has 2 aliphatic carbocycles. The Morgan fingerprint density at radius 3 is 2.92 bits per heavy atom. The van der Waals surface area contributed by atoms with Gasteiger partial charge in [-0.3, -0.25) is 0 Å². The standard InChI is InChI=1S/C10H14O2/c1-2-11-12-7-10-6-8-3-4-9(10)5-8/h2-4,8-10H,1,5-7H2. The first-order valence-corrected chi connectivity index (χ1v) is 4.47. The van der Waals surface area contributed by atoms with Gasteiger partial charge in [0, 0.05) is 0 Å². The van der Waals surface area contributed by atoms with Crippen LogP contribution in [0.1, 0.15) is 12.8 Å². The van der Waals surface area contributed by atoms with Crippen LogP contribution in [-0.4, -0.2) is 6.61 Å². The van der Waals surface area contributed by atoms with Gasteiger partial charge in [0.2, 0.25) is 0 Å². The lowest BCUT2D eigenvalue weighted by Crippen LogP contribution is -2.13. The van der Waals surface area contributed by atoms with Gasteiger partial charge in [0.25, 0.3) is 0 Å². The molecular weight excluding hydrogens is 152 g/mol. The van der Waals surface area contributed by atoms with E-state index in [1.165, 1.54) is 19.1 Å². The Balaban J connectivity index is 1.76. The molecule has 2 heteroatoms. The topological polar surface area (TPSA) is 18.5 Å². The third-order valence-electron chi connectivity index (χ3n) is 2.83. The molecule has 0 amide bonds. The molecule has 0 aromatic heterocycles. The average Bonchev–Trinajstić information content (AvgIpc) is 2.65. The van der Waals surface area contributed by atoms with Gasteiger partial charge in [-0.05, 0) is 30.6 Å². The summed E-state index contributed by atoms with van der Waals surface area (Å²) in [4.78, 5) is 9.61. The van der Waals surface area contributed by atoms with Crippen molar-refractivity contribution in [3.05, 3.63) is 25.0 Å².